The van der Waals surface area contributed by atoms with Crippen LogP contribution in [-0.4, -0.2) is 18.6 Å². The van der Waals surface area contributed by atoms with Crippen molar-refractivity contribution in [2.45, 2.75) is 26.2 Å². The largest absolute Gasteiger partial charge is 0.496 e. The number of aryl methyl sites for hydroxylation is 1. The summed E-state index contributed by atoms with van der Waals surface area (Å²) in [5.74, 6) is 1.32. The molecule has 4 nitrogen and oxygen atoms in total. The van der Waals surface area contributed by atoms with Gasteiger partial charge in [-0.1, -0.05) is 25.5 Å². The van der Waals surface area contributed by atoms with E-state index in [2.05, 4.69) is 4.98 Å². The number of hydrogen-bond acceptors (Lipinski definition) is 4. The second kappa shape index (κ2) is 5.05. The van der Waals surface area contributed by atoms with Gasteiger partial charge in [-0.25, -0.2) is 4.98 Å². The Labute approximate surface area is 113 Å². The van der Waals surface area contributed by atoms with Crippen LogP contribution in [0.15, 0.2) is 28.9 Å². The van der Waals surface area contributed by atoms with Crippen LogP contribution in [0.2, 0.25) is 0 Å². The lowest BCUT2D eigenvalue weighted by Gasteiger charge is -2.18. The van der Waals surface area contributed by atoms with E-state index in [-0.39, 0.29) is 5.41 Å². The van der Waals surface area contributed by atoms with Crippen molar-refractivity contribution in [3.63, 3.8) is 0 Å². The quantitative estimate of drug-likeness (QED) is 0.918. The topological polar surface area (TPSA) is 61.3 Å². The molecule has 0 amide bonds. The van der Waals surface area contributed by atoms with Crippen LogP contribution in [0.4, 0.5) is 0 Å². The Balaban J connectivity index is 2.46. The SMILES string of the molecule is COc1ccc(C)cc1-c1nc(C(C)(C)CN)co1. The Hall–Kier alpha value is -1.81. The number of oxazole rings is 1. The number of nitrogens with zero attached hydrogens (tertiary/aromatic N) is 1. The van der Waals surface area contributed by atoms with Gasteiger partial charge >= 0.3 is 0 Å². The Morgan fingerprint density at radius 2 is 2.11 bits per heavy atom. The summed E-state index contributed by atoms with van der Waals surface area (Å²) in [5, 5.41) is 0. The van der Waals surface area contributed by atoms with Crippen molar-refractivity contribution >= 4 is 0 Å². The number of rotatable bonds is 4. The first-order valence-electron chi connectivity index (χ1n) is 6.29. The number of methoxy groups -OCH3 is 1. The van der Waals surface area contributed by atoms with Crippen molar-refractivity contribution in [1.82, 2.24) is 4.98 Å². The molecule has 0 spiro atoms. The summed E-state index contributed by atoms with van der Waals surface area (Å²) in [7, 11) is 1.64. The van der Waals surface area contributed by atoms with Gasteiger partial charge in [0.15, 0.2) is 0 Å². The standard InChI is InChI=1S/C15H20N2O2/c1-10-5-6-12(18-4)11(7-10)14-17-13(8-19-14)15(2,3)9-16/h5-8H,9,16H2,1-4H3. The fourth-order valence-electron chi connectivity index (χ4n) is 1.80. The molecule has 0 aliphatic rings. The van der Waals surface area contributed by atoms with Crippen LogP contribution in [0.3, 0.4) is 0 Å². The number of ether oxygens (including phenoxy) is 1. The average Bonchev–Trinajstić information content (AvgIpc) is 2.89. The molecule has 102 valence electrons. The van der Waals surface area contributed by atoms with Gasteiger partial charge in [-0.2, -0.15) is 0 Å². The van der Waals surface area contributed by atoms with E-state index in [4.69, 9.17) is 14.9 Å². The van der Waals surface area contributed by atoms with Crippen LogP contribution in [0.5, 0.6) is 5.75 Å². The molecule has 2 aromatic rings. The average molecular weight is 260 g/mol. The lowest BCUT2D eigenvalue weighted by atomic mass is 9.90. The third-order valence-corrected chi connectivity index (χ3v) is 3.29. The monoisotopic (exact) mass is 260 g/mol. The maximum absolute atomic E-state index is 5.76. The molecule has 1 aromatic carbocycles. The molecule has 0 aliphatic heterocycles. The Morgan fingerprint density at radius 1 is 1.37 bits per heavy atom. The highest BCUT2D eigenvalue weighted by atomic mass is 16.5. The number of aromatic nitrogens is 1. The third kappa shape index (κ3) is 2.63. The van der Waals surface area contributed by atoms with Crippen molar-refractivity contribution in [3.8, 4) is 17.2 Å². The zero-order chi connectivity index (χ0) is 14.0. The predicted octanol–water partition coefficient (Wildman–Crippen LogP) is 2.89. The van der Waals surface area contributed by atoms with Crippen LogP contribution in [0, 0.1) is 6.92 Å². The van der Waals surface area contributed by atoms with Gasteiger partial charge in [0.1, 0.15) is 12.0 Å². The zero-order valence-electron chi connectivity index (χ0n) is 11.9. The van der Waals surface area contributed by atoms with E-state index in [1.807, 2.05) is 39.0 Å². The van der Waals surface area contributed by atoms with Crippen LogP contribution in [0.1, 0.15) is 25.1 Å². The van der Waals surface area contributed by atoms with Gasteiger partial charge in [0, 0.05) is 12.0 Å². The molecule has 4 heteroatoms. The molecule has 1 aromatic heterocycles. The van der Waals surface area contributed by atoms with Gasteiger partial charge in [0.25, 0.3) is 0 Å². The Bertz CT molecular complexity index is 573. The molecule has 0 fully saturated rings. The molecule has 1 heterocycles. The second-order valence-electron chi connectivity index (χ2n) is 5.33. The number of hydrogen-bond donors (Lipinski definition) is 1. The smallest absolute Gasteiger partial charge is 0.229 e. The van der Waals surface area contributed by atoms with E-state index in [0.29, 0.717) is 12.4 Å². The molecule has 0 saturated carbocycles. The van der Waals surface area contributed by atoms with Crippen molar-refractivity contribution in [1.29, 1.82) is 0 Å². The van der Waals surface area contributed by atoms with E-state index in [1.54, 1.807) is 13.4 Å². The Morgan fingerprint density at radius 3 is 2.74 bits per heavy atom. The van der Waals surface area contributed by atoms with Gasteiger partial charge < -0.3 is 14.9 Å². The van der Waals surface area contributed by atoms with Gasteiger partial charge in [0.2, 0.25) is 5.89 Å². The van der Waals surface area contributed by atoms with Crippen molar-refractivity contribution in [2.24, 2.45) is 5.73 Å². The van der Waals surface area contributed by atoms with Crippen LogP contribution in [0.25, 0.3) is 11.5 Å². The van der Waals surface area contributed by atoms with E-state index in [1.165, 1.54) is 0 Å². The minimum atomic E-state index is -0.196. The number of nitrogens with two attached hydrogens (primary N) is 1. The molecule has 0 atom stereocenters. The molecule has 2 rings (SSSR count). The third-order valence-electron chi connectivity index (χ3n) is 3.29. The first kappa shape index (κ1) is 13.6. The highest BCUT2D eigenvalue weighted by Crippen LogP contribution is 2.32. The minimum absolute atomic E-state index is 0.196. The maximum Gasteiger partial charge on any atom is 0.229 e. The molecular weight excluding hydrogens is 240 g/mol. The summed E-state index contributed by atoms with van der Waals surface area (Å²) < 4.78 is 10.9. The lowest BCUT2D eigenvalue weighted by molar-refractivity contribution is 0.414. The number of benzene rings is 1. The first-order valence-corrected chi connectivity index (χ1v) is 6.29. The summed E-state index contributed by atoms with van der Waals surface area (Å²) in [4.78, 5) is 4.55. The van der Waals surface area contributed by atoms with Crippen LogP contribution >= 0.6 is 0 Å². The molecule has 0 bridgehead atoms. The molecule has 2 N–H and O–H groups in total. The molecule has 0 aliphatic carbocycles. The van der Waals surface area contributed by atoms with Gasteiger partial charge in [0.05, 0.1) is 18.4 Å². The highest BCUT2D eigenvalue weighted by molar-refractivity contribution is 5.64. The zero-order valence-corrected chi connectivity index (χ0v) is 11.9. The summed E-state index contributed by atoms with van der Waals surface area (Å²) in [6, 6.07) is 5.92. The second-order valence-corrected chi connectivity index (χ2v) is 5.33. The minimum Gasteiger partial charge on any atom is -0.496 e. The van der Waals surface area contributed by atoms with Gasteiger partial charge in [-0.3, -0.25) is 0 Å². The highest BCUT2D eigenvalue weighted by Gasteiger charge is 2.24. The van der Waals surface area contributed by atoms with E-state index in [0.717, 1.165) is 22.6 Å². The van der Waals surface area contributed by atoms with E-state index < -0.39 is 0 Å². The van der Waals surface area contributed by atoms with Crippen molar-refractivity contribution in [2.75, 3.05) is 13.7 Å². The fourth-order valence-corrected chi connectivity index (χ4v) is 1.80. The molecule has 0 unspecified atom stereocenters. The van der Waals surface area contributed by atoms with Crippen molar-refractivity contribution in [3.05, 3.63) is 35.7 Å². The molecule has 0 radical (unpaired) electrons. The summed E-state index contributed by atoms with van der Waals surface area (Å²) in [5.41, 5.74) is 8.42. The lowest BCUT2D eigenvalue weighted by Crippen LogP contribution is -2.28. The van der Waals surface area contributed by atoms with Crippen molar-refractivity contribution < 1.29 is 9.15 Å². The predicted molar refractivity (Wildman–Crippen MR) is 75.3 cm³/mol. The normalized spacial score (nSPS) is 11.6. The fraction of sp³-hybridized carbons (Fsp3) is 0.400. The maximum atomic E-state index is 5.76. The van der Waals surface area contributed by atoms with E-state index in [9.17, 15) is 0 Å². The Kier molecular flexibility index (Phi) is 3.62. The van der Waals surface area contributed by atoms with E-state index >= 15 is 0 Å². The van der Waals surface area contributed by atoms with Crippen LogP contribution < -0.4 is 10.5 Å². The molecule has 0 saturated heterocycles. The first-order chi connectivity index (χ1) is 8.97. The van der Waals surface area contributed by atoms with Gasteiger partial charge in [-0.15, -0.1) is 0 Å². The summed E-state index contributed by atoms with van der Waals surface area (Å²) in [6.45, 7) is 6.63. The summed E-state index contributed by atoms with van der Waals surface area (Å²) in [6.07, 6.45) is 1.67. The molecular formula is C15H20N2O2. The van der Waals surface area contributed by atoms with Crippen LogP contribution in [-0.2, 0) is 5.41 Å². The molecule has 19 heavy (non-hydrogen) atoms. The summed E-state index contributed by atoms with van der Waals surface area (Å²) >= 11 is 0. The van der Waals surface area contributed by atoms with Gasteiger partial charge in [-0.05, 0) is 19.1 Å².